The van der Waals surface area contributed by atoms with E-state index in [0.717, 1.165) is 55.6 Å². The molecule has 1 heterocycles. The Hall–Kier alpha value is -3.89. The van der Waals surface area contributed by atoms with Gasteiger partial charge >= 0.3 is 0 Å². The second-order valence-corrected chi connectivity index (χ2v) is 9.75. The number of rotatable bonds is 15. The number of anilines is 1. The fourth-order valence-corrected chi connectivity index (χ4v) is 4.85. The Bertz CT molecular complexity index is 1190. The molecule has 1 saturated heterocycles. The van der Waals surface area contributed by atoms with E-state index in [4.69, 9.17) is 10.6 Å². The highest BCUT2D eigenvalue weighted by molar-refractivity contribution is 6.30. The summed E-state index contributed by atoms with van der Waals surface area (Å²) in [5.41, 5.74) is 5.29. The van der Waals surface area contributed by atoms with Crippen LogP contribution in [0.3, 0.4) is 0 Å². The fourth-order valence-electron chi connectivity index (χ4n) is 4.85. The van der Waals surface area contributed by atoms with Gasteiger partial charge in [0.1, 0.15) is 12.6 Å². The van der Waals surface area contributed by atoms with E-state index in [-0.39, 0.29) is 12.3 Å². The minimum absolute atomic E-state index is 0.168. The first-order valence-corrected chi connectivity index (χ1v) is 13.6. The first-order chi connectivity index (χ1) is 19.5. The van der Waals surface area contributed by atoms with E-state index >= 15 is 0 Å². The van der Waals surface area contributed by atoms with Crippen LogP contribution < -0.4 is 16.1 Å². The summed E-state index contributed by atoms with van der Waals surface area (Å²) in [6.07, 6.45) is 5.15. The maximum absolute atomic E-state index is 12.5. The molecule has 3 rings (SSSR count). The van der Waals surface area contributed by atoms with Crippen molar-refractivity contribution >= 4 is 36.1 Å². The van der Waals surface area contributed by atoms with Gasteiger partial charge in [-0.2, -0.15) is 5.10 Å². The second-order valence-electron chi connectivity index (χ2n) is 9.75. The van der Waals surface area contributed by atoms with Crippen molar-refractivity contribution < 1.29 is 19.1 Å². The minimum atomic E-state index is -0.488. The van der Waals surface area contributed by atoms with E-state index in [9.17, 15) is 14.4 Å². The predicted molar refractivity (Wildman–Crippen MR) is 158 cm³/mol. The van der Waals surface area contributed by atoms with Gasteiger partial charge in [0.2, 0.25) is 5.91 Å². The quantitative estimate of drug-likeness (QED) is 0.151. The SMILES string of the molecule is CNC(=O)C(CCC=O)N(C)Cc1c(C=O)cccc1CCC(C=NCc1cccc(N2CCOCC2)c1)=NN. The molecule has 0 bridgehead atoms. The number of aryl methyl sites for hydroxylation is 1. The van der Waals surface area contributed by atoms with E-state index in [1.807, 2.05) is 30.1 Å². The second kappa shape index (κ2) is 16.3. The van der Waals surface area contributed by atoms with E-state index < -0.39 is 6.04 Å². The third kappa shape index (κ3) is 8.82. The molecule has 1 atom stereocenters. The molecule has 1 amide bonds. The van der Waals surface area contributed by atoms with Crippen LogP contribution in [0.4, 0.5) is 5.69 Å². The van der Waals surface area contributed by atoms with E-state index in [1.54, 1.807) is 19.3 Å². The lowest BCUT2D eigenvalue weighted by atomic mass is 9.96. The lowest BCUT2D eigenvalue weighted by Crippen LogP contribution is -2.44. The zero-order valence-corrected chi connectivity index (χ0v) is 23.4. The van der Waals surface area contributed by atoms with Gasteiger partial charge in [-0.1, -0.05) is 30.3 Å². The Morgan fingerprint density at radius 2 is 1.98 bits per heavy atom. The third-order valence-corrected chi connectivity index (χ3v) is 7.10. The number of hydrogen-bond acceptors (Lipinski definition) is 9. The van der Waals surface area contributed by atoms with Crippen LogP contribution >= 0.6 is 0 Å². The molecule has 1 aliphatic rings. The van der Waals surface area contributed by atoms with Crippen molar-refractivity contribution in [1.29, 1.82) is 0 Å². The summed E-state index contributed by atoms with van der Waals surface area (Å²) in [4.78, 5) is 44.0. The number of hydrogen-bond donors (Lipinski definition) is 2. The van der Waals surface area contributed by atoms with Crippen LogP contribution in [0.1, 0.15) is 46.3 Å². The number of benzene rings is 2. The lowest BCUT2D eigenvalue weighted by molar-refractivity contribution is -0.126. The first-order valence-electron chi connectivity index (χ1n) is 13.6. The minimum Gasteiger partial charge on any atom is -0.378 e. The van der Waals surface area contributed by atoms with Gasteiger partial charge < -0.3 is 25.6 Å². The van der Waals surface area contributed by atoms with Crippen LogP contribution in [0.15, 0.2) is 52.6 Å². The number of likely N-dealkylation sites (N-methyl/N-ethyl adjacent to an activating group) is 2. The maximum Gasteiger partial charge on any atom is 0.237 e. The number of hydrazone groups is 1. The highest BCUT2D eigenvalue weighted by Crippen LogP contribution is 2.21. The molecule has 1 fully saturated rings. The molecule has 214 valence electrons. The maximum atomic E-state index is 12.5. The standard InChI is InChI=1S/C30H40N6O4/c1-32-30(39)29(10-5-15-37)35(2)21-28-24(7-4-8-25(28)22-38)11-12-26(34-31)20-33-19-23-6-3-9-27(18-23)36-13-16-40-17-14-36/h3-4,6-9,15,18,20,22,29H,5,10-14,16-17,19,21,31H2,1-2H3,(H,32,39). The van der Waals surface area contributed by atoms with Gasteiger partial charge in [-0.25, -0.2) is 0 Å². The van der Waals surface area contributed by atoms with Crippen LogP contribution in [0.5, 0.6) is 0 Å². The number of ether oxygens (including phenoxy) is 1. The van der Waals surface area contributed by atoms with E-state index in [1.165, 1.54) is 5.69 Å². The third-order valence-electron chi connectivity index (χ3n) is 7.10. The monoisotopic (exact) mass is 548 g/mol. The van der Waals surface area contributed by atoms with Crippen LogP contribution in [0, 0.1) is 0 Å². The summed E-state index contributed by atoms with van der Waals surface area (Å²) in [7, 11) is 3.40. The molecule has 3 N–H and O–H groups in total. The van der Waals surface area contributed by atoms with Crippen molar-refractivity contribution in [2.75, 3.05) is 45.3 Å². The zero-order valence-electron chi connectivity index (χ0n) is 23.4. The normalized spacial score (nSPS) is 14.9. The predicted octanol–water partition coefficient (Wildman–Crippen LogP) is 2.38. The molecular weight excluding hydrogens is 508 g/mol. The number of nitrogens with one attached hydrogen (secondary N) is 1. The summed E-state index contributed by atoms with van der Waals surface area (Å²) in [5.74, 6) is 5.52. The van der Waals surface area contributed by atoms with Crippen LogP contribution in [0.2, 0.25) is 0 Å². The van der Waals surface area contributed by atoms with Crippen molar-refractivity contribution in [1.82, 2.24) is 10.2 Å². The van der Waals surface area contributed by atoms with Crippen molar-refractivity contribution in [3.05, 3.63) is 64.7 Å². The van der Waals surface area contributed by atoms with Gasteiger partial charge in [0.05, 0.1) is 31.5 Å². The molecular formula is C30H40N6O4. The number of aldehydes is 2. The summed E-state index contributed by atoms with van der Waals surface area (Å²) < 4.78 is 5.45. The van der Waals surface area contributed by atoms with Crippen molar-refractivity contribution in [3.8, 4) is 0 Å². The molecule has 0 radical (unpaired) electrons. The number of morpholine rings is 1. The Morgan fingerprint density at radius 1 is 1.20 bits per heavy atom. The highest BCUT2D eigenvalue weighted by Gasteiger charge is 2.23. The van der Waals surface area contributed by atoms with Gasteiger partial charge in [0.25, 0.3) is 0 Å². The molecule has 1 aliphatic heterocycles. The molecule has 1 unspecified atom stereocenters. The summed E-state index contributed by atoms with van der Waals surface area (Å²) in [6, 6.07) is 13.4. The van der Waals surface area contributed by atoms with Gasteiger partial charge in [0.15, 0.2) is 0 Å². The molecule has 0 aliphatic carbocycles. The smallest absolute Gasteiger partial charge is 0.237 e. The Kier molecular flexibility index (Phi) is 12.5. The molecule has 0 aromatic heterocycles. The zero-order chi connectivity index (χ0) is 28.7. The topological polar surface area (TPSA) is 130 Å². The van der Waals surface area contributed by atoms with Crippen LogP contribution in [0.25, 0.3) is 0 Å². The molecule has 10 heteroatoms. The molecule has 40 heavy (non-hydrogen) atoms. The number of nitrogens with two attached hydrogens (primary N) is 1. The molecule has 0 spiro atoms. The lowest BCUT2D eigenvalue weighted by Gasteiger charge is -2.29. The molecule has 0 saturated carbocycles. The van der Waals surface area contributed by atoms with Crippen LogP contribution in [-0.4, -0.2) is 81.7 Å². The van der Waals surface area contributed by atoms with Gasteiger partial charge in [-0.3, -0.25) is 19.5 Å². The van der Waals surface area contributed by atoms with Gasteiger partial charge in [0, 0.05) is 50.6 Å². The number of amides is 1. The summed E-state index contributed by atoms with van der Waals surface area (Å²) >= 11 is 0. The highest BCUT2D eigenvalue weighted by atomic mass is 16.5. The van der Waals surface area contributed by atoms with Crippen molar-refractivity contribution in [3.63, 3.8) is 0 Å². The average Bonchev–Trinajstić information content (AvgIpc) is 2.99. The Balaban J connectivity index is 1.66. The van der Waals surface area contributed by atoms with Crippen LogP contribution in [-0.2, 0) is 33.8 Å². The molecule has 2 aromatic rings. The Labute approximate surface area is 236 Å². The number of nitrogens with zero attached hydrogens (tertiary/aromatic N) is 4. The number of carbonyl (C=O) groups is 3. The van der Waals surface area contributed by atoms with Crippen molar-refractivity contribution in [2.24, 2.45) is 15.9 Å². The molecule has 10 nitrogen and oxygen atoms in total. The van der Waals surface area contributed by atoms with Gasteiger partial charge in [-0.15, -0.1) is 0 Å². The molecule has 2 aromatic carbocycles. The van der Waals surface area contributed by atoms with E-state index in [0.29, 0.717) is 43.6 Å². The first kappa shape index (κ1) is 30.6. The van der Waals surface area contributed by atoms with Crippen molar-refractivity contribution in [2.45, 2.75) is 44.8 Å². The number of aliphatic imine (C=N–C) groups is 1. The number of carbonyl (C=O) groups excluding carboxylic acids is 3. The van der Waals surface area contributed by atoms with Gasteiger partial charge in [-0.05, 0) is 55.1 Å². The largest absolute Gasteiger partial charge is 0.378 e. The van der Waals surface area contributed by atoms with E-state index in [2.05, 4.69) is 38.5 Å². The summed E-state index contributed by atoms with van der Waals surface area (Å²) in [5, 5.41) is 6.60. The summed E-state index contributed by atoms with van der Waals surface area (Å²) in [6.45, 7) is 4.12. The Morgan fingerprint density at radius 3 is 2.67 bits per heavy atom. The fraction of sp³-hybridized carbons (Fsp3) is 0.433. The average molecular weight is 549 g/mol.